The number of aromatic carboxylic acids is 1. The summed E-state index contributed by atoms with van der Waals surface area (Å²) >= 11 is 2.53. The third-order valence-corrected chi connectivity index (χ3v) is 3.84. The molecule has 0 saturated carbocycles. The molecule has 0 radical (unpaired) electrons. The topological polar surface area (TPSA) is 63.1 Å². The standard InChI is InChI=1S/C10H7FN2O2S2/c1-5-12-13-10(16-5)17-8-3-2-6(11)4-7(8)9(14)15/h2-4H,1H3,(H,14,15). The molecule has 1 heterocycles. The van der Waals surface area contributed by atoms with Gasteiger partial charge in [-0.15, -0.1) is 10.2 Å². The van der Waals surface area contributed by atoms with E-state index >= 15 is 0 Å². The van der Waals surface area contributed by atoms with E-state index in [-0.39, 0.29) is 5.56 Å². The normalized spacial score (nSPS) is 10.5. The summed E-state index contributed by atoms with van der Waals surface area (Å²) in [5.74, 6) is -1.73. The molecule has 17 heavy (non-hydrogen) atoms. The number of rotatable bonds is 3. The first-order chi connectivity index (χ1) is 8.06. The lowest BCUT2D eigenvalue weighted by Crippen LogP contribution is -1.99. The summed E-state index contributed by atoms with van der Waals surface area (Å²) in [4.78, 5) is 11.4. The second-order valence-electron chi connectivity index (χ2n) is 3.13. The molecule has 1 N–H and O–H groups in total. The fourth-order valence-electron chi connectivity index (χ4n) is 1.17. The van der Waals surface area contributed by atoms with Crippen LogP contribution in [0.25, 0.3) is 0 Å². The molecule has 0 atom stereocenters. The quantitative estimate of drug-likeness (QED) is 0.929. The van der Waals surface area contributed by atoms with E-state index in [9.17, 15) is 9.18 Å². The van der Waals surface area contributed by atoms with Gasteiger partial charge in [0.1, 0.15) is 10.8 Å². The number of aromatic nitrogens is 2. The lowest BCUT2D eigenvalue weighted by Gasteiger charge is -2.02. The maximum absolute atomic E-state index is 13.0. The molecule has 4 nitrogen and oxygen atoms in total. The predicted molar refractivity (Wildman–Crippen MR) is 62.1 cm³/mol. The van der Waals surface area contributed by atoms with Crippen LogP contribution in [0.15, 0.2) is 27.4 Å². The van der Waals surface area contributed by atoms with Gasteiger partial charge in [0, 0.05) is 4.90 Å². The van der Waals surface area contributed by atoms with Crippen LogP contribution in [0, 0.1) is 12.7 Å². The first kappa shape index (κ1) is 12.0. The Balaban J connectivity index is 2.35. The second-order valence-corrected chi connectivity index (χ2v) is 5.61. The SMILES string of the molecule is Cc1nnc(Sc2ccc(F)cc2C(=O)O)s1. The number of aryl methyl sites for hydroxylation is 1. The van der Waals surface area contributed by atoms with E-state index in [2.05, 4.69) is 10.2 Å². The monoisotopic (exact) mass is 270 g/mol. The number of halogens is 1. The smallest absolute Gasteiger partial charge is 0.336 e. The van der Waals surface area contributed by atoms with Crippen LogP contribution in [0.2, 0.25) is 0 Å². The van der Waals surface area contributed by atoms with Gasteiger partial charge < -0.3 is 5.11 Å². The maximum Gasteiger partial charge on any atom is 0.336 e. The Hall–Kier alpha value is -1.47. The Morgan fingerprint density at radius 1 is 1.47 bits per heavy atom. The van der Waals surface area contributed by atoms with E-state index < -0.39 is 11.8 Å². The highest BCUT2D eigenvalue weighted by Gasteiger charge is 2.14. The molecule has 0 unspecified atom stereocenters. The summed E-state index contributed by atoms with van der Waals surface area (Å²) in [5, 5.41) is 17.5. The molecule has 0 amide bonds. The number of hydrogen-bond donors (Lipinski definition) is 1. The molecule has 1 aromatic carbocycles. The highest BCUT2D eigenvalue weighted by molar-refractivity contribution is 8.01. The van der Waals surface area contributed by atoms with Crippen LogP contribution in [-0.2, 0) is 0 Å². The summed E-state index contributed by atoms with van der Waals surface area (Å²) in [6.45, 7) is 1.81. The van der Waals surface area contributed by atoms with Gasteiger partial charge in [-0.2, -0.15) is 0 Å². The summed E-state index contributed by atoms with van der Waals surface area (Å²) < 4.78 is 13.6. The van der Waals surface area contributed by atoms with E-state index in [1.54, 1.807) is 0 Å². The van der Waals surface area contributed by atoms with E-state index in [4.69, 9.17) is 5.11 Å². The Kier molecular flexibility index (Phi) is 3.39. The lowest BCUT2D eigenvalue weighted by atomic mass is 10.2. The van der Waals surface area contributed by atoms with Crippen LogP contribution in [0.5, 0.6) is 0 Å². The van der Waals surface area contributed by atoms with Gasteiger partial charge in [-0.3, -0.25) is 0 Å². The second kappa shape index (κ2) is 4.80. The zero-order chi connectivity index (χ0) is 12.4. The number of carbonyl (C=O) groups is 1. The first-order valence-electron chi connectivity index (χ1n) is 4.57. The molecule has 1 aromatic heterocycles. The van der Waals surface area contributed by atoms with Crippen molar-refractivity contribution in [3.05, 3.63) is 34.6 Å². The molecule has 7 heteroatoms. The fourth-order valence-corrected chi connectivity index (χ4v) is 3.05. The van der Waals surface area contributed by atoms with Gasteiger partial charge in [0.25, 0.3) is 0 Å². The largest absolute Gasteiger partial charge is 0.478 e. The van der Waals surface area contributed by atoms with Crippen molar-refractivity contribution in [3.8, 4) is 0 Å². The fraction of sp³-hybridized carbons (Fsp3) is 0.100. The summed E-state index contributed by atoms with van der Waals surface area (Å²) in [7, 11) is 0. The third kappa shape index (κ3) is 2.80. The highest BCUT2D eigenvalue weighted by Crippen LogP contribution is 2.32. The third-order valence-electron chi connectivity index (χ3n) is 1.88. The molecule has 0 aliphatic rings. The van der Waals surface area contributed by atoms with Crippen LogP contribution in [0.4, 0.5) is 4.39 Å². The Morgan fingerprint density at radius 3 is 2.82 bits per heavy atom. The predicted octanol–water partition coefficient (Wildman–Crippen LogP) is 2.84. The molecule has 0 fully saturated rings. The van der Waals surface area contributed by atoms with Gasteiger partial charge in [0.2, 0.25) is 0 Å². The minimum Gasteiger partial charge on any atom is -0.478 e. The van der Waals surface area contributed by atoms with Gasteiger partial charge in [-0.1, -0.05) is 23.1 Å². The van der Waals surface area contributed by atoms with E-state index in [1.165, 1.54) is 35.2 Å². The van der Waals surface area contributed by atoms with Crippen molar-refractivity contribution in [2.75, 3.05) is 0 Å². The molecular formula is C10H7FN2O2S2. The van der Waals surface area contributed by atoms with Crippen molar-refractivity contribution < 1.29 is 14.3 Å². The maximum atomic E-state index is 13.0. The van der Waals surface area contributed by atoms with Crippen molar-refractivity contribution in [3.63, 3.8) is 0 Å². The van der Waals surface area contributed by atoms with Crippen LogP contribution >= 0.6 is 23.1 Å². The summed E-state index contributed by atoms with van der Waals surface area (Å²) in [6, 6.07) is 3.65. The van der Waals surface area contributed by atoms with Gasteiger partial charge in [0.05, 0.1) is 5.56 Å². The van der Waals surface area contributed by atoms with E-state index in [0.717, 1.165) is 11.1 Å². The van der Waals surface area contributed by atoms with Crippen molar-refractivity contribution in [1.82, 2.24) is 10.2 Å². The van der Waals surface area contributed by atoms with Crippen molar-refractivity contribution in [1.29, 1.82) is 0 Å². The van der Waals surface area contributed by atoms with Crippen LogP contribution in [0.1, 0.15) is 15.4 Å². The molecule has 0 aliphatic carbocycles. The number of hydrogen-bond acceptors (Lipinski definition) is 5. The summed E-state index contributed by atoms with van der Waals surface area (Å²) in [5.41, 5.74) is -0.0668. The zero-order valence-electron chi connectivity index (χ0n) is 8.68. The zero-order valence-corrected chi connectivity index (χ0v) is 10.3. The number of nitrogens with zero attached hydrogens (tertiary/aromatic N) is 2. The number of carboxylic acids is 1. The van der Waals surface area contributed by atoms with E-state index in [0.29, 0.717) is 9.24 Å². The Bertz CT molecular complexity index is 571. The van der Waals surface area contributed by atoms with Gasteiger partial charge >= 0.3 is 5.97 Å². The van der Waals surface area contributed by atoms with Gasteiger partial charge in [-0.05, 0) is 25.1 Å². The van der Waals surface area contributed by atoms with Gasteiger partial charge in [0.15, 0.2) is 4.34 Å². The number of benzene rings is 1. The first-order valence-corrected chi connectivity index (χ1v) is 6.20. The molecule has 0 bridgehead atoms. The molecular weight excluding hydrogens is 263 g/mol. The Morgan fingerprint density at radius 2 is 2.24 bits per heavy atom. The number of carboxylic acid groups (broad SMARTS) is 1. The highest BCUT2D eigenvalue weighted by atomic mass is 32.2. The van der Waals surface area contributed by atoms with E-state index in [1.807, 2.05) is 6.92 Å². The van der Waals surface area contributed by atoms with Gasteiger partial charge in [-0.25, -0.2) is 9.18 Å². The minimum atomic E-state index is -1.16. The summed E-state index contributed by atoms with van der Waals surface area (Å²) in [6.07, 6.45) is 0. The minimum absolute atomic E-state index is 0.0668. The molecule has 0 aliphatic heterocycles. The molecule has 0 saturated heterocycles. The van der Waals surface area contributed by atoms with Crippen LogP contribution in [0.3, 0.4) is 0 Å². The molecule has 88 valence electrons. The average Bonchev–Trinajstić information content (AvgIpc) is 2.66. The molecule has 0 spiro atoms. The van der Waals surface area contributed by atoms with Crippen molar-refractivity contribution >= 4 is 29.1 Å². The average molecular weight is 270 g/mol. The van der Waals surface area contributed by atoms with Crippen LogP contribution in [-0.4, -0.2) is 21.3 Å². The molecule has 2 rings (SSSR count). The van der Waals surface area contributed by atoms with Crippen molar-refractivity contribution in [2.45, 2.75) is 16.2 Å². The Labute approximate surface area is 105 Å². The van der Waals surface area contributed by atoms with Crippen LogP contribution < -0.4 is 0 Å². The van der Waals surface area contributed by atoms with Crippen molar-refractivity contribution in [2.24, 2.45) is 0 Å². The lowest BCUT2D eigenvalue weighted by molar-refractivity contribution is 0.0692. The molecule has 2 aromatic rings.